The normalized spacial score (nSPS) is 14.2. The molecule has 84 valence electrons. The summed E-state index contributed by atoms with van der Waals surface area (Å²) >= 11 is 9.45. The zero-order valence-electron chi connectivity index (χ0n) is 8.90. The Hall–Kier alpha value is -0.800. The maximum atomic E-state index is 11.1. The Morgan fingerprint density at radius 1 is 1.50 bits per heavy atom. The number of hydrogen-bond donors (Lipinski definition) is 1. The Morgan fingerprint density at radius 3 is 2.69 bits per heavy atom. The van der Waals surface area contributed by atoms with Gasteiger partial charge in [-0.3, -0.25) is 0 Å². The van der Waals surface area contributed by atoms with Crippen LogP contribution in [-0.4, -0.2) is 11.1 Å². The zero-order valence-corrected chi connectivity index (χ0v) is 11.2. The molecular formula is C12H10BrClO2. The van der Waals surface area contributed by atoms with Gasteiger partial charge in [-0.2, -0.15) is 0 Å². The van der Waals surface area contributed by atoms with E-state index in [1.54, 1.807) is 0 Å². The average Bonchev–Trinajstić information content (AvgIpc) is 2.49. The summed E-state index contributed by atoms with van der Waals surface area (Å²) in [4.78, 5) is 11.1. The molecule has 0 saturated heterocycles. The van der Waals surface area contributed by atoms with Gasteiger partial charge in [0.15, 0.2) is 0 Å². The number of rotatable bonds is 1. The van der Waals surface area contributed by atoms with Gasteiger partial charge in [-0.25, -0.2) is 4.79 Å². The monoisotopic (exact) mass is 300 g/mol. The predicted molar refractivity (Wildman–Crippen MR) is 68.1 cm³/mol. The Balaban J connectivity index is 2.79. The largest absolute Gasteiger partial charge is 0.478 e. The van der Waals surface area contributed by atoms with E-state index in [4.69, 9.17) is 16.7 Å². The maximum Gasteiger partial charge on any atom is 0.336 e. The Bertz CT molecular complexity index is 532. The third kappa shape index (κ3) is 1.59. The number of allylic oxidation sites excluding steroid dienone is 2. The number of fused-ring (bicyclic) bond motifs is 1. The first-order valence-electron chi connectivity index (χ1n) is 4.84. The van der Waals surface area contributed by atoms with Crippen LogP contribution in [0.2, 0.25) is 5.02 Å². The lowest BCUT2D eigenvalue weighted by molar-refractivity contribution is 0.0696. The van der Waals surface area contributed by atoms with E-state index in [9.17, 15) is 4.79 Å². The highest BCUT2D eigenvalue weighted by Gasteiger charge is 2.25. The third-order valence-corrected chi connectivity index (χ3v) is 4.36. The van der Waals surface area contributed by atoms with E-state index in [-0.39, 0.29) is 0 Å². The van der Waals surface area contributed by atoms with Crippen molar-refractivity contribution in [2.75, 3.05) is 0 Å². The van der Waals surface area contributed by atoms with Crippen molar-refractivity contribution in [3.05, 3.63) is 37.8 Å². The fourth-order valence-electron chi connectivity index (χ4n) is 2.04. The quantitative estimate of drug-likeness (QED) is 0.846. The molecule has 16 heavy (non-hydrogen) atoms. The first kappa shape index (κ1) is 11.7. The van der Waals surface area contributed by atoms with Crippen LogP contribution >= 0.6 is 27.5 Å². The van der Waals surface area contributed by atoms with Gasteiger partial charge in [0.05, 0.1) is 10.6 Å². The molecule has 1 N–H and O–H groups in total. The molecule has 1 aromatic carbocycles. The molecule has 2 nitrogen and oxygen atoms in total. The van der Waals surface area contributed by atoms with Crippen molar-refractivity contribution < 1.29 is 9.90 Å². The molecule has 0 spiro atoms. The third-order valence-electron chi connectivity index (χ3n) is 3.01. The average molecular weight is 302 g/mol. The lowest BCUT2D eigenvalue weighted by Crippen LogP contribution is -2.03. The summed E-state index contributed by atoms with van der Waals surface area (Å²) in [6.07, 6.45) is 0.693. The lowest BCUT2D eigenvalue weighted by Gasteiger charge is -2.10. The number of carboxylic acids is 1. The summed E-state index contributed by atoms with van der Waals surface area (Å²) in [6.45, 7) is 4.01. The van der Waals surface area contributed by atoms with Crippen molar-refractivity contribution in [1.82, 2.24) is 0 Å². The van der Waals surface area contributed by atoms with Gasteiger partial charge in [0.1, 0.15) is 0 Å². The molecule has 1 aromatic rings. The minimum absolute atomic E-state index is 0.305. The molecule has 4 heteroatoms. The van der Waals surface area contributed by atoms with E-state index in [0.29, 0.717) is 17.0 Å². The molecule has 0 aromatic heterocycles. The molecule has 1 aliphatic rings. The van der Waals surface area contributed by atoms with Gasteiger partial charge in [0.25, 0.3) is 0 Å². The SMILES string of the molecule is CC1=C(C)c2c(Br)c(Cl)cc(C(=O)O)c2C1. The lowest BCUT2D eigenvalue weighted by atomic mass is 10.0. The van der Waals surface area contributed by atoms with Crippen LogP contribution in [0.4, 0.5) is 0 Å². The molecule has 1 aliphatic carbocycles. The minimum atomic E-state index is -0.923. The number of carbonyl (C=O) groups is 1. The number of hydrogen-bond acceptors (Lipinski definition) is 1. The fourth-order valence-corrected chi connectivity index (χ4v) is 2.90. The predicted octanol–water partition coefficient (Wildman–Crippen LogP) is 4.15. The highest BCUT2D eigenvalue weighted by molar-refractivity contribution is 9.10. The molecule has 0 bridgehead atoms. The number of aromatic carboxylic acids is 1. The Morgan fingerprint density at radius 2 is 2.12 bits per heavy atom. The second kappa shape index (κ2) is 3.90. The second-order valence-corrected chi connectivity index (χ2v) is 5.16. The van der Waals surface area contributed by atoms with Gasteiger partial charge in [-0.15, -0.1) is 0 Å². The van der Waals surface area contributed by atoms with E-state index in [2.05, 4.69) is 15.9 Å². The zero-order chi connectivity index (χ0) is 12.0. The summed E-state index contributed by atoms with van der Waals surface area (Å²) in [5.41, 5.74) is 4.42. The van der Waals surface area contributed by atoms with E-state index in [1.165, 1.54) is 11.6 Å². The van der Waals surface area contributed by atoms with Gasteiger partial charge in [0.2, 0.25) is 0 Å². The van der Waals surface area contributed by atoms with Crippen LogP contribution in [0.3, 0.4) is 0 Å². The Kier molecular flexibility index (Phi) is 2.84. The second-order valence-electron chi connectivity index (χ2n) is 3.96. The van der Waals surface area contributed by atoms with Crippen LogP contribution < -0.4 is 0 Å². The van der Waals surface area contributed by atoms with E-state index >= 15 is 0 Å². The topological polar surface area (TPSA) is 37.3 Å². The van der Waals surface area contributed by atoms with Crippen molar-refractivity contribution in [3.8, 4) is 0 Å². The highest BCUT2D eigenvalue weighted by atomic mass is 79.9. The minimum Gasteiger partial charge on any atom is -0.478 e. The summed E-state index contributed by atoms with van der Waals surface area (Å²) < 4.78 is 0.795. The van der Waals surface area contributed by atoms with Crippen LogP contribution in [0.5, 0.6) is 0 Å². The molecule has 2 rings (SSSR count). The smallest absolute Gasteiger partial charge is 0.336 e. The number of carboxylic acid groups (broad SMARTS) is 1. The highest BCUT2D eigenvalue weighted by Crippen LogP contribution is 2.42. The Labute approximate surface area is 107 Å². The van der Waals surface area contributed by atoms with E-state index in [1.807, 2.05) is 13.8 Å². The van der Waals surface area contributed by atoms with Crippen LogP contribution in [0.15, 0.2) is 16.1 Å². The summed E-state index contributed by atoms with van der Waals surface area (Å²) in [5.74, 6) is -0.923. The molecule has 0 heterocycles. The fraction of sp³-hybridized carbons (Fsp3) is 0.250. The van der Waals surface area contributed by atoms with Crippen molar-refractivity contribution >= 4 is 39.1 Å². The first-order chi connectivity index (χ1) is 7.43. The van der Waals surface area contributed by atoms with Crippen molar-refractivity contribution in [1.29, 1.82) is 0 Å². The molecular weight excluding hydrogens is 291 g/mol. The molecule has 0 amide bonds. The van der Waals surface area contributed by atoms with E-state index in [0.717, 1.165) is 21.2 Å². The van der Waals surface area contributed by atoms with Crippen molar-refractivity contribution in [2.45, 2.75) is 20.3 Å². The van der Waals surface area contributed by atoms with Gasteiger partial charge in [-0.05, 0) is 59.0 Å². The number of halogens is 2. The summed E-state index contributed by atoms with van der Waals surface area (Å²) in [7, 11) is 0. The maximum absolute atomic E-state index is 11.1. The van der Waals surface area contributed by atoms with Crippen LogP contribution in [0, 0.1) is 0 Å². The van der Waals surface area contributed by atoms with Gasteiger partial charge < -0.3 is 5.11 Å². The van der Waals surface area contributed by atoms with Crippen LogP contribution in [-0.2, 0) is 6.42 Å². The van der Waals surface area contributed by atoms with E-state index < -0.39 is 5.97 Å². The molecule has 0 radical (unpaired) electrons. The number of benzene rings is 1. The van der Waals surface area contributed by atoms with Gasteiger partial charge in [0, 0.05) is 4.47 Å². The molecule has 0 saturated carbocycles. The molecule has 0 aliphatic heterocycles. The first-order valence-corrected chi connectivity index (χ1v) is 6.01. The molecule has 0 unspecified atom stereocenters. The molecule has 0 fully saturated rings. The van der Waals surface area contributed by atoms with Crippen molar-refractivity contribution in [2.24, 2.45) is 0 Å². The standard InChI is InChI=1S/C12H10BrClO2/c1-5-3-7-8(12(15)16)4-9(14)11(13)10(7)6(5)2/h4H,3H2,1-2H3,(H,15,16). The summed E-state index contributed by atoms with van der Waals surface area (Å²) in [5, 5.41) is 9.59. The van der Waals surface area contributed by atoms with Crippen LogP contribution in [0.1, 0.15) is 35.3 Å². The van der Waals surface area contributed by atoms with Gasteiger partial charge in [-0.1, -0.05) is 17.2 Å². The van der Waals surface area contributed by atoms with Gasteiger partial charge >= 0.3 is 5.97 Å². The summed E-state index contributed by atoms with van der Waals surface area (Å²) in [6, 6.07) is 1.51. The van der Waals surface area contributed by atoms with Crippen molar-refractivity contribution in [3.63, 3.8) is 0 Å². The van der Waals surface area contributed by atoms with Crippen LogP contribution in [0.25, 0.3) is 5.57 Å². The molecule has 0 atom stereocenters.